The standard InChI is InChI=1S/C30H27ClN2O5S2/c1-17-14-15-39-27(17)25-23(26(34)21-12-13-22(31)40-21)24(18-8-7-11-20(16-18)38-3)30(2,28(35)36)33(25)29(37)32-19-9-5-4-6-10-19/h4-16,23-25H,1-3H3,(H,32,37)(H,35,36). The van der Waals surface area contributed by atoms with Gasteiger partial charge in [-0.1, -0.05) is 41.9 Å². The van der Waals surface area contributed by atoms with Crippen LogP contribution in [-0.2, 0) is 4.79 Å². The van der Waals surface area contributed by atoms with Crippen molar-refractivity contribution in [3.63, 3.8) is 0 Å². The highest BCUT2D eigenvalue weighted by Crippen LogP contribution is 2.58. The Bertz CT molecular complexity index is 1570. The van der Waals surface area contributed by atoms with E-state index in [4.69, 9.17) is 16.3 Å². The van der Waals surface area contributed by atoms with Gasteiger partial charge in [-0.05, 0) is 72.8 Å². The SMILES string of the molecule is COc1cccc(C2C(C(=O)c3ccc(Cl)s3)C(c3sccc3C)N(C(=O)Nc3ccccc3)C2(C)C(=O)O)c1. The molecule has 10 heteroatoms. The van der Waals surface area contributed by atoms with Gasteiger partial charge in [-0.25, -0.2) is 9.59 Å². The molecule has 1 saturated heterocycles. The van der Waals surface area contributed by atoms with E-state index < -0.39 is 35.4 Å². The van der Waals surface area contributed by atoms with Crippen molar-refractivity contribution < 1.29 is 24.2 Å². The van der Waals surface area contributed by atoms with Crippen LogP contribution in [0.2, 0.25) is 4.34 Å². The first-order valence-corrected chi connectivity index (χ1v) is 14.6. The summed E-state index contributed by atoms with van der Waals surface area (Å²) in [5, 5.41) is 15.7. The number of rotatable bonds is 7. The number of benzene rings is 2. The van der Waals surface area contributed by atoms with Gasteiger partial charge in [0.2, 0.25) is 0 Å². The minimum Gasteiger partial charge on any atom is -0.497 e. The molecule has 4 atom stereocenters. The predicted molar refractivity (Wildman–Crippen MR) is 158 cm³/mol. The van der Waals surface area contributed by atoms with Crippen LogP contribution in [0.1, 0.15) is 44.6 Å². The Kier molecular flexibility index (Phi) is 7.72. The number of ketones is 1. The summed E-state index contributed by atoms with van der Waals surface area (Å²) in [4.78, 5) is 44.5. The highest BCUT2D eigenvalue weighted by molar-refractivity contribution is 7.18. The molecule has 0 spiro atoms. The molecule has 7 nitrogen and oxygen atoms in total. The van der Waals surface area contributed by atoms with E-state index in [2.05, 4.69) is 5.32 Å². The average molecular weight is 595 g/mol. The van der Waals surface area contributed by atoms with Gasteiger partial charge in [-0.15, -0.1) is 22.7 Å². The molecule has 4 unspecified atom stereocenters. The highest BCUT2D eigenvalue weighted by Gasteiger charge is 2.65. The van der Waals surface area contributed by atoms with Crippen LogP contribution in [-0.4, -0.2) is 40.4 Å². The third kappa shape index (κ3) is 4.78. The monoisotopic (exact) mass is 594 g/mol. The van der Waals surface area contributed by atoms with Crippen molar-refractivity contribution in [1.29, 1.82) is 0 Å². The minimum atomic E-state index is -1.81. The molecule has 5 rings (SSSR count). The number of likely N-dealkylation sites (tertiary alicyclic amines) is 1. The first-order valence-electron chi connectivity index (χ1n) is 12.5. The van der Waals surface area contributed by atoms with Crippen LogP contribution >= 0.6 is 34.3 Å². The van der Waals surface area contributed by atoms with E-state index >= 15 is 0 Å². The summed E-state index contributed by atoms with van der Waals surface area (Å²) in [6.07, 6.45) is 0. The van der Waals surface area contributed by atoms with Crippen LogP contribution in [0.5, 0.6) is 5.75 Å². The Morgan fingerprint density at radius 1 is 1.05 bits per heavy atom. The number of anilines is 1. The van der Waals surface area contributed by atoms with Crippen molar-refractivity contribution in [2.24, 2.45) is 5.92 Å². The van der Waals surface area contributed by atoms with E-state index in [1.54, 1.807) is 60.7 Å². The van der Waals surface area contributed by atoms with Gasteiger partial charge in [-0.2, -0.15) is 0 Å². The molecular weight excluding hydrogens is 568 g/mol. The number of halogens is 1. The Morgan fingerprint density at radius 2 is 1.80 bits per heavy atom. The fraction of sp³-hybridized carbons (Fsp3) is 0.233. The molecule has 40 heavy (non-hydrogen) atoms. The zero-order valence-corrected chi connectivity index (χ0v) is 24.3. The van der Waals surface area contributed by atoms with Crippen molar-refractivity contribution in [2.75, 3.05) is 12.4 Å². The number of carbonyl (C=O) groups excluding carboxylic acids is 2. The van der Waals surface area contributed by atoms with Crippen LogP contribution in [0.3, 0.4) is 0 Å². The lowest BCUT2D eigenvalue weighted by Gasteiger charge is -2.37. The van der Waals surface area contributed by atoms with Crippen LogP contribution in [0.4, 0.5) is 10.5 Å². The Morgan fingerprint density at radius 3 is 2.40 bits per heavy atom. The number of hydrogen-bond acceptors (Lipinski definition) is 6. The molecule has 0 radical (unpaired) electrons. The molecule has 1 aliphatic heterocycles. The quantitative estimate of drug-likeness (QED) is 0.216. The fourth-order valence-corrected chi connectivity index (χ4v) is 7.75. The number of carboxylic acid groups (broad SMARTS) is 1. The number of nitrogens with zero attached hydrogens (tertiary/aromatic N) is 1. The first kappa shape index (κ1) is 27.9. The number of hydrogen-bond donors (Lipinski definition) is 2. The molecule has 1 aliphatic rings. The van der Waals surface area contributed by atoms with Gasteiger partial charge in [0.25, 0.3) is 0 Å². The lowest BCUT2D eigenvalue weighted by Crippen LogP contribution is -2.55. The molecule has 0 aliphatic carbocycles. The minimum absolute atomic E-state index is 0.273. The molecule has 0 bridgehead atoms. The molecule has 206 valence electrons. The van der Waals surface area contributed by atoms with E-state index in [0.717, 1.165) is 21.8 Å². The predicted octanol–water partition coefficient (Wildman–Crippen LogP) is 7.50. The molecule has 2 amide bonds. The largest absolute Gasteiger partial charge is 0.497 e. The molecule has 1 fully saturated rings. The number of aryl methyl sites for hydroxylation is 1. The maximum atomic E-state index is 14.4. The Hall–Kier alpha value is -3.66. The lowest BCUT2D eigenvalue weighted by molar-refractivity contribution is -0.148. The summed E-state index contributed by atoms with van der Waals surface area (Å²) in [7, 11) is 1.53. The number of carbonyl (C=O) groups is 3. The smallest absolute Gasteiger partial charge is 0.330 e. The maximum absolute atomic E-state index is 14.4. The van der Waals surface area contributed by atoms with Gasteiger partial charge in [0, 0.05) is 16.5 Å². The van der Waals surface area contributed by atoms with Gasteiger partial charge >= 0.3 is 12.0 Å². The Labute approximate surface area is 245 Å². The number of thiophene rings is 2. The zero-order valence-electron chi connectivity index (χ0n) is 22.0. The summed E-state index contributed by atoms with van der Waals surface area (Å²) in [5.74, 6) is -2.82. The van der Waals surface area contributed by atoms with Gasteiger partial charge in [0.05, 0.1) is 28.3 Å². The number of aliphatic carboxylic acids is 1. The number of methoxy groups -OCH3 is 1. The summed E-state index contributed by atoms with van der Waals surface area (Å²) in [6.45, 7) is 3.42. The zero-order chi connectivity index (χ0) is 28.6. The highest BCUT2D eigenvalue weighted by atomic mass is 35.5. The number of para-hydroxylation sites is 1. The first-order chi connectivity index (χ1) is 19.2. The maximum Gasteiger partial charge on any atom is 0.330 e. The molecule has 2 aromatic carbocycles. The summed E-state index contributed by atoms with van der Waals surface area (Å²) >= 11 is 8.76. The summed E-state index contributed by atoms with van der Waals surface area (Å²) < 4.78 is 5.91. The van der Waals surface area contributed by atoms with Crippen molar-refractivity contribution in [3.8, 4) is 5.75 Å². The van der Waals surface area contributed by atoms with Crippen molar-refractivity contribution in [3.05, 3.63) is 103 Å². The third-order valence-electron chi connectivity index (χ3n) is 7.50. The molecule has 2 N–H and O–H groups in total. The topological polar surface area (TPSA) is 95.9 Å². The number of urea groups is 1. The number of nitrogens with one attached hydrogen (secondary N) is 1. The molecule has 3 heterocycles. The van der Waals surface area contributed by atoms with Crippen molar-refractivity contribution in [2.45, 2.75) is 31.3 Å². The van der Waals surface area contributed by atoms with E-state index in [1.807, 2.05) is 24.4 Å². The van der Waals surface area contributed by atoms with Crippen molar-refractivity contribution >= 4 is 57.7 Å². The number of carboxylic acids is 1. The van der Waals surface area contributed by atoms with E-state index in [-0.39, 0.29) is 5.78 Å². The molecular formula is C30H27ClN2O5S2. The lowest BCUT2D eigenvalue weighted by atomic mass is 9.73. The average Bonchev–Trinajstić information content (AvgIpc) is 3.64. The third-order valence-corrected chi connectivity index (χ3v) is 9.84. The van der Waals surface area contributed by atoms with Crippen LogP contribution in [0.15, 0.2) is 78.2 Å². The summed E-state index contributed by atoms with van der Waals surface area (Å²) in [6, 6.07) is 19.6. The van der Waals surface area contributed by atoms with Gasteiger partial charge in [-0.3, -0.25) is 9.69 Å². The van der Waals surface area contributed by atoms with E-state index in [9.17, 15) is 19.5 Å². The molecule has 0 saturated carbocycles. The van der Waals surface area contributed by atoms with Gasteiger partial charge < -0.3 is 15.2 Å². The van der Waals surface area contributed by atoms with Crippen LogP contribution in [0, 0.1) is 12.8 Å². The summed E-state index contributed by atoms with van der Waals surface area (Å²) in [5.41, 5.74) is 0.154. The fourth-order valence-electron chi connectivity index (χ4n) is 5.65. The number of amides is 2. The van der Waals surface area contributed by atoms with Gasteiger partial charge in [0.15, 0.2) is 5.78 Å². The number of Topliss-reactive ketones (excluding diaryl/α,β-unsaturated/α-hetero) is 1. The molecule has 4 aromatic rings. The van der Waals surface area contributed by atoms with E-state index in [1.165, 1.54) is 30.3 Å². The van der Waals surface area contributed by atoms with Gasteiger partial charge in [0.1, 0.15) is 11.3 Å². The molecule has 2 aromatic heterocycles. The normalized spacial score (nSPS) is 22.2. The van der Waals surface area contributed by atoms with Crippen LogP contribution in [0.25, 0.3) is 0 Å². The second-order valence-corrected chi connectivity index (χ2v) is 12.4. The second kappa shape index (κ2) is 11.1. The Balaban J connectivity index is 1.78. The van der Waals surface area contributed by atoms with E-state index in [0.29, 0.717) is 26.2 Å². The van der Waals surface area contributed by atoms with Crippen molar-refractivity contribution in [1.82, 2.24) is 4.90 Å². The second-order valence-electron chi connectivity index (χ2n) is 9.78. The number of ether oxygens (including phenoxy) is 1. The van der Waals surface area contributed by atoms with Crippen LogP contribution < -0.4 is 10.1 Å².